The molecule has 0 aromatic rings. The summed E-state index contributed by atoms with van der Waals surface area (Å²) >= 11 is 0. The molecule has 2 heteroatoms. The largest absolute Gasteiger partial charge is 0.379 e. The van der Waals surface area contributed by atoms with Crippen molar-refractivity contribution in [3.8, 4) is 0 Å². The van der Waals surface area contributed by atoms with Gasteiger partial charge in [-0.1, -0.05) is 6.92 Å². The average molecular weight is 155 g/mol. The van der Waals surface area contributed by atoms with Crippen LogP contribution in [0.4, 0.5) is 0 Å². The third-order valence-electron chi connectivity index (χ3n) is 3.14. The van der Waals surface area contributed by atoms with Crippen LogP contribution in [-0.4, -0.2) is 17.4 Å². The Morgan fingerprint density at radius 1 is 1.55 bits per heavy atom. The van der Waals surface area contributed by atoms with Gasteiger partial charge in [-0.05, 0) is 37.5 Å². The molecule has 0 radical (unpaired) electrons. The van der Waals surface area contributed by atoms with Gasteiger partial charge in [-0.25, -0.2) is 0 Å². The van der Waals surface area contributed by atoms with Gasteiger partial charge in [-0.15, -0.1) is 0 Å². The van der Waals surface area contributed by atoms with Crippen LogP contribution in [0.15, 0.2) is 0 Å². The maximum atomic E-state index is 9.34. The molecule has 0 heterocycles. The van der Waals surface area contributed by atoms with Crippen molar-refractivity contribution in [2.24, 2.45) is 11.8 Å². The fourth-order valence-electron chi connectivity index (χ4n) is 2.28. The van der Waals surface area contributed by atoms with Crippen LogP contribution >= 0.6 is 0 Å². The summed E-state index contributed by atoms with van der Waals surface area (Å²) in [6.45, 7) is 2.01. The van der Waals surface area contributed by atoms with E-state index in [9.17, 15) is 5.11 Å². The molecule has 2 rings (SSSR count). The van der Waals surface area contributed by atoms with E-state index in [1.54, 1.807) is 0 Å². The molecule has 64 valence electrons. The summed E-state index contributed by atoms with van der Waals surface area (Å²) in [7, 11) is 0. The highest BCUT2D eigenvalue weighted by Crippen LogP contribution is 2.51. The average Bonchev–Trinajstić information content (AvgIpc) is 2.70. The van der Waals surface area contributed by atoms with Gasteiger partial charge >= 0.3 is 0 Å². The fraction of sp³-hybridized carbons (Fsp3) is 1.00. The van der Waals surface area contributed by atoms with E-state index in [0.29, 0.717) is 6.04 Å². The van der Waals surface area contributed by atoms with Gasteiger partial charge in [0.1, 0.15) is 6.23 Å². The van der Waals surface area contributed by atoms with E-state index in [1.165, 1.54) is 19.3 Å². The molecule has 4 atom stereocenters. The lowest BCUT2D eigenvalue weighted by atomic mass is 10.1. The Morgan fingerprint density at radius 3 is 2.82 bits per heavy atom. The Labute approximate surface area is 68.0 Å². The number of rotatable bonds is 3. The molecule has 2 fully saturated rings. The van der Waals surface area contributed by atoms with Crippen molar-refractivity contribution < 1.29 is 5.11 Å². The molecule has 2 saturated carbocycles. The van der Waals surface area contributed by atoms with Gasteiger partial charge in [0.05, 0.1) is 0 Å². The summed E-state index contributed by atoms with van der Waals surface area (Å²) in [6.07, 6.45) is 4.65. The predicted octanol–water partition coefficient (Wildman–Crippen LogP) is 1.10. The van der Waals surface area contributed by atoms with E-state index in [2.05, 4.69) is 5.32 Å². The molecule has 2 aliphatic rings. The van der Waals surface area contributed by atoms with Crippen LogP contribution in [0.25, 0.3) is 0 Å². The third kappa shape index (κ3) is 1.42. The van der Waals surface area contributed by atoms with E-state index in [1.807, 2.05) is 6.92 Å². The van der Waals surface area contributed by atoms with Crippen molar-refractivity contribution in [3.63, 3.8) is 0 Å². The molecule has 0 aliphatic heterocycles. The molecule has 0 bridgehead atoms. The molecule has 0 spiro atoms. The lowest BCUT2D eigenvalue weighted by molar-refractivity contribution is 0.115. The summed E-state index contributed by atoms with van der Waals surface area (Å²) < 4.78 is 0. The number of aliphatic hydroxyl groups excluding tert-OH is 1. The molecule has 11 heavy (non-hydrogen) atoms. The monoisotopic (exact) mass is 155 g/mol. The Morgan fingerprint density at radius 2 is 2.36 bits per heavy atom. The highest BCUT2D eigenvalue weighted by molar-refractivity contribution is 5.01. The van der Waals surface area contributed by atoms with Crippen molar-refractivity contribution in [2.75, 3.05) is 0 Å². The molecule has 2 nitrogen and oxygen atoms in total. The van der Waals surface area contributed by atoms with E-state index in [-0.39, 0.29) is 6.23 Å². The van der Waals surface area contributed by atoms with Crippen molar-refractivity contribution in [2.45, 2.75) is 44.9 Å². The minimum Gasteiger partial charge on any atom is -0.379 e. The topological polar surface area (TPSA) is 32.3 Å². The van der Waals surface area contributed by atoms with Crippen LogP contribution < -0.4 is 5.32 Å². The smallest absolute Gasteiger partial charge is 0.104 e. The minimum atomic E-state index is -0.264. The maximum Gasteiger partial charge on any atom is 0.104 e. The van der Waals surface area contributed by atoms with E-state index in [4.69, 9.17) is 0 Å². The van der Waals surface area contributed by atoms with Crippen LogP contribution in [0.3, 0.4) is 0 Å². The first kappa shape index (κ1) is 7.56. The van der Waals surface area contributed by atoms with Crippen molar-refractivity contribution in [1.82, 2.24) is 5.32 Å². The lowest BCUT2D eigenvalue weighted by Gasteiger charge is -2.18. The van der Waals surface area contributed by atoms with Crippen LogP contribution in [-0.2, 0) is 0 Å². The Balaban J connectivity index is 1.77. The summed E-state index contributed by atoms with van der Waals surface area (Å²) in [5.41, 5.74) is 0. The van der Waals surface area contributed by atoms with Crippen LogP contribution in [0, 0.1) is 11.8 Å². The van der Waals surface area contributed by atoms with Gasteiger partial charge in [0.15, 0.2) is 0 Å². The first-order valence-electron chi connectivity index (χ1n) is 4.75. The fourth-order valence-corrected chi connectivity index (χ4v) is 2.28. The van der Waals surface area contributed by atoms with Gasteiger partial charge in [0.2, 0.25) is 0 Å². The van der Waals surface area contributed by atoms with Gasteiger partial charge in [-0.3, -0.25) is 5.32 Å². The molecule has 0 amide bonds. The van der Waals surface area contributed by atoms with Crippen molar-refractivity contribution >= 4 is 0 Å². The zero-order valence-corrected chi connectivity index (χ0v) is 7.09. The second-order valence-electron chi connectivity index (χ2n) is 3.93. The molecule has 4 unspecified atom stereocenters. The summed E-state index contributed by atoms with van der Waals surface area (Å²) in [4.78, 5) is 0. The van der Waals surface area contributed by atoms with E-state index < -0.39 is 0 Å². The SMILES string of the molecule is CCC(O)NC1CCC2CC21. The summed E-state index contributed by atoms with van der Waals surface area (Å²) in [5, 5.41) is 12.6. The first-order valence-corrected chi connectivity index (χ1v) is 4.75. The Kier molecular flexibility index (Phi) is 1.90. The number of fused-ring (bicyclic) bond motifs is 1. The number of hydrogen-bond donors (Lipinski definition) is 2. The standard InChI is InChI=1S/C9H17NO/c1-2-9(11)10-8-4-3-6-5-7(6)8/h6-11H,2-5H2,1H3. The molecular formula is C9H17NO. The normalized spacial score (nSPS) is 43.6. The summed E-state index contributed by atoms with van der Waals surface area (Å²) in [5.74, 6) is 1.92. The number of hydrogen-bond acceptors (Lipinski definition) is 2. The molecule has 0 aromatic carbocycles. The second-order valence-corrected chi connectivity index (χ2v) is 3.93. The first-order chi connectivity index (χ1) is 5.31. The number of nitrogens with one attached hydrogen (secondary N) is 1. The zero-order chi connectivity index (χ0) is 7.84. The highest BCUT2D eigenvalue weighted by Gasteiger charge is 2.47. The van der Waals surface area contributed by atoms with E-state index >= 15 is 0 Å². The Bertz CT molecular complexity index is 148. The van der Waals surface area contributed by atoms with Gasteiger partial charge in [0.25, 0.3) is 0 Å². The van der Waals surface area contributed by atoms with Gasteiger partial charge < -0.3 is 5.11 Å². The maximum absolute atomic E-state index is 9.34. The Hall–Kier alpha value is -0.0800. The zero-order valence-electron chi connectivity index (χ0n) is 7.09. The van der Waals surface area contributed by atoms with E-state index in [0.717, 1.165) is 18.3 Å². The molecular weight excluding hydrogens is 138 g/mol. The lowest BCUT2D eigenvalue weighted by Crippen LogP contribution is -2.37. The van der Waals surface area contributed by atoms with Crippen LogP contribution in [0.1, 0.15) is 32.6 Å². The van der Waals surface area contributed by atoms with Crippen molar-refractivity contribution in [1.29, 1.82) is 0 Å². The van der Waals surface area contributed by atoms with Gasteiger partial charge in [0, 0.05) is 6.04 Å². The van der Waals surface area contributed by atoms with Gasteiger partial charge in [-0.2, -0.15) is 0 Å². The molecule has 2 N–H and O–H groups in total. The molecule has 0 saturated heterocycles. The predicted molar refractivity (Wildman–Crippen MR) is 44.1 cm³/mol. The quantitative estimate of drug-likeness (QED) is 0.598. The minimum absolute atomic E-state index is 0.264. The van der Waals surface area contributed by atoms with Crippen molar-refractivity contribution in [3.05, 3.63) is 0 Å². The van der Waals surface area contributed by atoms with Crippen LogP contribution in [0.5, 0.6) is 0 Å². The number of aliphatic hydroxyl groups is 1. The molecule has 2 aliphatic carbocycles. The summed E-state index contributed by atoms with van der Waals surface area (Å²) in [6, 6.07) is 0.634. The second kappa shape index (κ2) is 2.76. The third-order valence-corrected chi connectivity index (χ3v) is 3.14. The molecule has 0 aromatic heterocycles. The van der Waals surface area contributed by atoms with Crippen LogP contribution in [0.2, 0.25) is 0 Å². The highest BCUT2D eigenvalue weighted by atomic mass is 16.3.